The number of fused-ring (bicyclic) bond motifs is 1. The summed E-state index contributed by atoms with van der Waals surface area (Å²) in [6.07, 6.45) is 0.771. The number of likely N-dealkylation sites (N-methyl/N-ethyl adjacent to an activating group) is 1. The molecule has 2 heterocycles. The monoisotopic (exact) mass is 570 g/mol. The maximum absolute atomic E-state index is 11.6. The van der Waals surface area contributed by atoms with Crippen molar-refractivity contribution in [3.63, 3.8) is 0 Å². The van der Waals surface area contributed by atoms with Crippen molar-refractivity contribution in [3.8, 4) is 40.6 Å². The van der Waals surface area contributed by atoms with E-state index in [1.54, 1.807) is 20.3 Å². The van der Waals surface area contributed by atoms with Crippen molar-refractivity contribution in [3.05, 3.63) is 33.9 Å². The summed E-state index contributed by atoms with van der Waals surface area (Å²) < 4.78 is 28.1. The van der Waals surface area contributed by atoms with Crippen molar-refractivity contribution in [2.45, 2.75) is 50.9 Å². The highest BCUT2D eigenvalue weighted by atomic mass is 16.5. The van der Waals surface area contributed by atoms with Crippen molar-refractivity contribution in [1.82, 2.24) is 9.80 Å². The molecule has 2 aromatic rings. The van der Waals surface area contributed by atoms with E-state index in [2.05, 4.69) is 15.9 Å². The van der Waals surface area contributed by atoms with Gasteiger partial charge in [0.15, 0.2) is 23.0 Å². The van der Waals surface area contributed by atoms with Crippen molar-refractivity contribution >= 4 is 0 Å². The summed E-state index contributed by atoms with van der Waals surface area (Å²) in [5.41, 5.74) is 10.5. The summed E-state index contributed by atoms with van der Waals surface area (Å²) in [5.74, 6) is 1.83. The Kier molecular flexibility index (Phi) is 9.39. The van der Waals surface area contributed by atoms with Crippen LogP contribution in [0.3, 0.4) is 0 Å². The van der Waals surface area contributed by atoms with Gasteiger partial charge in [0.05, 0.1) is 53.8 Å². The second-order valence-corrected chi connectivity index (χ2v) is 10.7. The zero-order valence-electron chi connectivity index (χ0n) is 25.0. The summed E-state index contributed by atoms with van der Waals surface area (Å²) in [6.45, 7) is 6.09. The van der Waals surface area contributed by atoms with Gasteiger partial charge in [-0.2, -0.15) is 5.26 Å². The quantitative estimate of drug-likeness (QED) is 0.409. The number of aromatic hydroxyl groups is 2. The number of nitrogens with zero attached hydrogens (tertiary/aromatic N) is 3. The molecule has 0 radical (unpaired) electrons. The van der Waals surface area contributed by atoms with Crippen LogP contribution >= 0.6 is 0 Å². The van der Waals surface area contributed by atoms with Gasteiger partial charge in [0, 0.05) is 47.4 Å². The molecule has 1 saturated heterocycles. The zero-order valence-corrected chi connectivity index (χ0v) is 25.0. The third kappa shape index (κ3) is 5.33. The van der Waals surface area contributed by atoms with Gasteiger partial charge in [0.25, 0.3) is 0 Å². The number of methoxy groups -OCH3 is 4. The lowest BCUT2D eigenvalue weighted by Gasteiger charge is -2.48. The summed E-state index contributed by atoms with van der Waals surface area (Å²) >= 11 is 0. The van der Waals surface area contributed by atoms with Crippen LogP contribution in [0.25, 0.3) is 0 Å². The van der Waals surface area contributed by atoms with Gasteiger partial charge in [-0.25, -0.2) is 0 Å². The van der Waals surface area contributed by atoms with E-state index < -0.39 is 18.1 Å². The number of ether oxygens (including phenoxy) is 5. The van der Waals surface area contributed by atoms with E-state index >= 15 is 0 Å². The number of phenols is 2. The summed E-state index contributed by atoms with van der Waals surface area (Å²) in [5, 5.41) is 32.7. The number of nitriles is 1. The lowest BCUT2D eigenvalue weighted by Crippen LogP contribution is -2.58. The SMILES string of the molecule is COc1c(O)cc(C[C@H](N)[C@H]2c3c(O)c(OC)c(C)c(OC)c3C[C@@H]([C@H](C#N)N3CCOCC3)N2C)c(OC)c1C. The largest absolute Gasteiger partial charge is 0.504 e. The molecule has 4 N–H and O–H groups in total. The van der Waals surface area contributed by atoms with Crippen molar-refractivity contribution in [1.29, 1.82) is 5.26 Å². The maximum atomic E-state index is 11.6. The highest BCUT2D eigenvalue weighted by molar-refractivity contribution is 5.64. The van der Waals surface area contributed by atoms with E-state index in [0.717, 1.165) is 5.56 Å². The molecule has 41 heavy (non-hydrogen) atoms. The van der Waals surface area contributed by atoms with E-state index in [0.29, 0.717) is 84.4 Å². The van der Waals surface area contributed by atoms with Gasteiger partial charge in [0.1, 0.15) is 17.5 Å². The number of morpholine rings is 1. The highest BCUT2D eigenvalue weighted by Crippen LogP contribution is 2.51. The van der Waals surface area contributed by atoms with E-state index in [-0.39, 0.29) is 17.5 Å². The fraction of sp³-hybridized carbons (Fsp3) is 0.567. The smallest absolute Gasteiger partial charge is 0.167 e. The Balaban J connectivity index is 1.87. The molecular weight excluding hydrogens is 528 g/mol. The summed E-state index contributed by atoms with van der Waals surface area (Å²) in [6, 6.07) is 2.33. The fourth-order valence-electron chi connectivity index (χ4n) is 6.71. The molecule has 11 heteroatoms. The topological polar surface area (TPSA) is 143 Å². The Labute approximate surface area is 241 Å². The van der Waals surface area contributed by atoms with Crippen LogP contribution in [0.15, 0.2) is 6.07 Å². The molecule has 0 bridgehead atoms. The number of benzene rings is 2. The minimum absolute atomic E-state index is 0.00662. The Hall–Kier alpha value is -3.43. The molecule has 0 saturated carbocycles. The molecule has 4 atom stereocenters. The molecule has 11 nitrogen and oxygen atoms in total. The average Bonchev–Trinajstić information content (AvgIpc) is 2.95. The lowest BCUT2D eigenvalue weighted by atomic mass is 9.79. The second kappa shape index (κ2) is 12.6. The van der Waals surface area contributed by atoms with Gasteiger partial charge < -0.3 is 39.6 Å². The Bertz CT molecular complexity index is 1310. The molecule has 4 rings (SSSR count). The van der Waals surface area contributed by atoms with E-state index in [1.165, 1.54) is 14.2 Å². The van der Waals surface area contributed by atoms with E-state index in [9.17, 15) is 15.5 Å². The van der Waals surface area contributed by atoms with Crippen LogP contribution in [0.2, 0.25) is 0 Å². The average molecular weight is 571 g/mol. The first kappa shape index (κ1) is 30.5. The summed E-state index contributed by atoms with van der Waals surface area (Å²) in [4.78, 5) is 4.24. The van der Waals surface area contributed by atoms with Crippen LogP contribution in [-0.4, -0.2) is 99.9 Å². The van der Waals surface area contributed by atoms with Gasteiger partial charge >= 0.3 is 0 Å². The predicted molar refractivity (Wildman–Crippen MR) is 153 cm³/mol. The van der Waals surface area contributed by atoms with Gasteiger partial charge in [-0.3, -0.25) is 9.80 Å². The number of nitrogens with two attached hydrogens (primary N) is 1. The first-order chi connectivity index (χ1) is 19.6. The first-order valence-electron chi connectivity index (χ1n) is 13.7. The number of hydrogen-bond acceptors (Lipinski definition) is 11. The molecule has 0 amide bonds. The Morgan fingerprint density at radius 3 is 2.15 bits per heavy atom. The molecule has 224 valence electrons. The molecule has 2 aromatic carbocycles. The number of rotatable bonds is 9. The summed E-state index contributed by atoms with van der Waals surface area (Å²) in [7, 11) is 8.10. The van der Waals surface area contributed by atoms with Gasteiger partial charge in [-0.1, -0.05) is 0 Å². The van der Waals surface area contributed by atoms with E-state index in [4.69, 9.17) is 29.4 Å². The van der Waals surface area contributed by atoms with Crippen LogP contribution in [-0.2, 0) is 17.6 Å². The highest BCUT2D eigenvalue weighted by Gasteiger charge is 2.45. The lowest BCUT2D eigenvalue weighted by molar-refractivity contribution is -0.00228. The first-order valence-corrected chi connectivity index (χ1v) is 13.7. The molecule has 0 spiro atoms. The van der Waals surface area contributed by atoms with Crippen LogP contribution in [0.1, 0.15) is 33.9 Å². The Morgan fingerprint density at radius 1 is 1.00 bits per heavy atom. The third-order valence-electron chi connectivity index (χ3n) is 8.55. The number of hydrogen-bond donors (Lipinski definition) is 3. The van der Waals surface area contributed by atoms with Crippen molar-refractivity contribution < 1.29 is 33.9 Å². The van der Waals surface area contributed by atoms with Crippen LogP contribution < -0.4 is 24.7 Å². The molecule has 2 aliphatic rings. The molecule has 2 aliphatic heterocycles. The normalized spacial score (nSPS) is 21.0. The van der Waals surface area contributed by atoms with Crippen LogP contribution in [0.5, 0.6) is 34.5 Å². The predicted octanol–water partition coefficient (Wildman–Crippen LogP) is 2.44. The van der Waals surface area contributed by atoms with Crippen molar-refractivity contribution in [2.75, 3.05) is 61.8 Å². The molecule has 0 unspecified atom stereocenters. The van der Waals surface area contributed by atoms with Gasteiger partial charge in [-0.05, 0) is 45.4 Å². The maximum Gasteiger partial charge on any atom is 0.167 e. The van der Waals surface area contributed by atoms with Crippen LogP contribution in [0, 0.1) is 25.2 Å². The third-order valence-corrected chi connectivity index (χ3v) is 8.55. The van der Waals surface area contributed by atoms with Crippen molar-refractivity contribution in [2.24, 2.45) is 5.73 Å². The number of phenolic OH excluding ortho intramolecular Hbond substituents is 2. The standard InChI is InChI=1S/C30H42N4O7/c1-16-27(37-4)18(13-23(35)29(16)39-6)12-20(32)25-24-19(28(38-5)17(2)30(40-7)26(24)36)14-21(33(25)3)22(15-31)34-8-10-41-11-9-34/h13,20-22,25,35-36H,8-12,14,32H2,1-7H3/t20-,21-,22-,25-/m0/s1. The molecule has 0 aliphatic carbocycles. The fourth-order valence-corrected chi connectivity index (χ4v) is 6.71. The van der Waals surface area contributed by atoms with Gasteiger partial charge in [-0.15, -0.1) is 0 Å². The minimum atomic E-state index is -0.588. The second-order valence-electron chi connectivity index (χ2n) is 10.7. The Morgan fingerprint density at radius 2 is 1.59 bits per heavy atom. The van der Waals surface area contributed by atoms with Gasteiger partial charge in [0.2, 0.25) is 0 Å². The molecular formula is C30H42N4O7. The molecule has 0 aromatic heterocycles. The molecule has 1 fully saturated rings. The van der Waals surface area contributed by atoms with E-state index in [1.807, 2.05) is 20.9 Å². The minimum Gasteiger partial charge on any atom is -0.504 e. The zero-order chi connectivity index (χ0) is 30.0. The van der Waals surface area contributed by atoms with Crippen LogP contribution in [0.4, 0.5) is 0 Å².